The average molecular weight is 259 g/mol. The molecule has 1 atom stereocenters. The third-order valence-corrected chi connectivity index (χ3v) is 3.63. The Morgan fingerprint density at radius 1 is 1.37 bits per heavy atom. The number of carbonyl (C=O) groups is 1. The van der Waals surface area contributed by atoms with E-state index in [4.69, 9.17) is 5.11 Å². The molecule has 0 saturated heterocycles. The molecule has 1 aliphatic rings. The molecular weight excluding hydrogens is 238 g/mol. The lowest BCUT2D eigenvalue weighted by Crippen LogP contribution is -2.32. The molecule has 1 aromatic carbocycles. The number of hydrogen-bond donors (Lipinski definition) is 2. The zero-order valence-electron chi connectivity index (χ0n) is 11.4. The maximum atomic E-state index is 10.8. The van der Waals surface area contributed by atoms with Crippen molar-refractivity contribution in [2.24, 2.45) is 0 Å². The van der Waals surface area contributed by atoms with Gasteiger partial charge in [0.25, 0.3) is 0 Å². The molecule has 0 fully saturated rings. The Labute approximate surface area is 114 Å². The molecule has 1 aliphatic heterocycles. The Bertz CT molecular complexity index is 462. The molecule has 0 spiro atoms. The summed E-state index contributed by atoms with van der Waals surface area (Å²) in [6.07, 6.45) is 6.93. The van der Waals surface area contributed by atoms with Gasteiger partial charge >= 0.3 is 5.97 Å². The first-order valence-electron chi connectivity index (χ1n) is 6.97. The van der Waals surface area contributed by atoms with Crippen LogP contribution in [0.1, 0.15) is 48.5 Å². The molecule has 2 N–H and O–H groups in total. The van der Waals surface area contributed by atoms with Gasteiger partial charge in [0.15, 0.2) is 0 Å². The predicted octanol–water partition coefficient (Wildman–Crippen LogP) is 3.32. The van der Waals surface area contributed by atoms with Crippen LogP contribution in [0.4, 0.5) is 0 Å². The molecular formula is C16H21NO2. The zero-order chi connectivity index (χ0) is 13.7. The van der Waals surface area contributed by atoms with Gasteiger partial charge < -0.3 is 10.4 Å². The lowest BCUT2D eigenvalue weighted by Gasteiger charge is -2.24. The van der Waals surface area contributed by atoms with Gasteiger partial charge in [-0.3, -0.25) is 0 Å². The largest absolute Gasteiger partial charge is 0.478 e. The van der Waals surface area contributed by atoms with E-state index in [9.17, 15) is 4.79 Å². The third kappa shape index (κ3) is 3.67. The molecule has 0 bridgehead atoms. The summed E-state index contributed by atoms with van der Waals surface area (Å²) in [5, 5.41) is 12.4. The van der Waals surface area contributed by atoms with E-state index in [-0.39, 0.29) is 0 Å². The van der Waals surface area contributed by atoms with Crippen LogP contribution in [0.3, 0.4) is 0 Å². The van der Waals surface area contributed by atoms with Crippen LogP contribution in [0.25, 0.3) is 5.57 Å². The van der Waals surface area contributed by atoms with Gasteiger partial charge in [0.05, 0.1) is 5.56 Å². The molecule has 0 saturated carbocycles. The standard InChI is InChI=1S/C16H21NO2/c1-2-3-4-15-11-14(9-10-17-15)12-5-7-13(8-6-12)16(18)19/h5-9,15,17H,2-4,10-11H2,1H3,(H,18,19). The van der Waals surface area contributed by atoms with Crippen molar-refractivity contribution in [3.05, 3.63) is 41.5 Å². The highest BCUT2D eigenvalue weighted by atomic mass is 16.4. The number of benzene rings is 1. The Morgan fingerprint density at radius 3 is 2.74 bits per heavy atom. The fraction of sp³-hybridized carbons (Fsp3) is 0.438. The number of rotatable bonds is 5. The van der Waals surface area contributed by atoms with E-state index in [2.05, 4.69) is 18.3 Å². The highest BCUT2D eigenvalue weighted by Gasteiger charge is 2.15. The lowest BCUT2D eigenvalue weighted by atomic mass is 9.92. The van der Waals surface area contributed by atoms with Crippen molar-refractivity contribution in [1.82, 2.24) is 5.32 Å². The summed E-state index contributed by atoms with van der Waals surface area (Å²) in [6, 6.07) is 7.75. The first-order chi connectivity index (χ1) is 9.20. The molecule has 1 heterocycles. The second kappa shape index (κ2) is 6.53. The lowest BCUT2D eigenvalue weighted by molar-refractivity contribution is 0.0697. The van der Waals surface area contributed by atoms with E-state index in [0.29, 0.717) is 11.6 Å². The first kappa shape index (κ1) is 13.8. The maximum absolute atomic E-state index is 10.8. The van der Waals surface area contributed by atoms with Gasteiger partial charge in [0, 0.05) is 12.6 Å². The van der Waals surface area contributed by atoms with Crippen LogP contribution >= 0.6 is 0 Å². The normalized spacial score (nSPS) is 19.0. The Morgan fingerprint density at radius 2 is 2.11 bits per heavy atom. The monoisotopic (exact) mass is 259 g/mol. The number of aromatic carboxylic acids is 1. The number of carboxylic acids is 1. The highest BCUT2D eigenvalue weighted by molar-refractivity contribution is 5.88. The molecule has 0 aromatic heterocycles. The Balaban J connectivity index is 2.04. The molecule has 102 valence electrons. The van der Waals surface area contributed by atoms with Gasteiger partial charge in [-0.15, -0.1) is 0 Å². The first-order valence-corrected chi connectivity index (χ1v) is 6.97. The van der Waals surface area contributed by atoms with E-state index >= 15 is 0 Å². The van der Waals surface area contributed by atoms with Crippen LogP contribution < -0.4 is 5.32 Å². The summed E-state index contributed by atoms with van der Waals surface area (Å²) in [4.78, 5) is 10.8. The van der Waals surface area contributed by atoms with Crippen molar-refractivity contribution in [2.75, 3.05) is 6.54 Å². The topological polar surface area (TPSA) is 49.3 Å². The molecule has 2 rings (SSSR count). The molecule has 1 unspecified atom stereocenters. The minimum atomic E-state index is -0.869. The fourth-order valence-corrected chi connectivity index (χ4v) is 2.49. The van der Waals surface area contributed by atoms with Gasteiger partial charge in [0.1, 0.15) is 0 Å². The molecule has 0 amide bonds. The maximum Gasteiger partial charge on any atom is 0.335 e. The summed E-state index contributed by atoms with van der Waals surface area (Å²) < 4.78 is 0. The zero-order valence-corrected chi connectivity index (χ0v) is 11.4. The summed E-state index contributed by atoms with van der Waals surface area (Å²) in [5.41, 5.74) is 2.82. The van der Waals surface area contributed by atoms with E-state index < -0.39 is 5.97 Å². The van der Waals surface area contributed by atoms with Crippen LogP contribution in [0.5, 0.6) is 0 Å². The van der Waals surface area contributed by atoms with Crippen molar-refractivity contribution in [2.45, 2.75) is 38.6 Å². The Hall–Kier alpha value is -1.61. The van der Waals surface area contributed by atoms with Crippen molar-refractivity contribution in [1.29, 1.82) is 0 Å². The number of unbranched alkanes of at least 4 members (excludes halogenated alkanes) is 1. The molecule has 0 radical (unpaired) electrons. The van der Waals surface area contributed by atoms with E-state index in [1.807, 2.05) is 12.1 Å². The summed E-state index contributed by atoms with van der Waals surface area (Å²) in [5.74, 6) is -0.869. The summed E-state index contributed by atoms with van der Waals surface area (Å²) in [7, 11) is 0. The number of carboxylic acid groups (broad SMARTS) is 1. The Kier molecular flexibility index (Phi) is 4.74. The second-order valence-electron chi connectivity index (χ2n) is 5.06. The molecule has 3 nitrogen and oxygen atoms in total. The van der Waals surface area contributed by atoms with E-state index in [1.54, 1.807) is 12.1 Å². The quantitative estimate of drug-likeness (QED) is 0.852. The van der Waals surface area contributed by atoms with Crippen LogP contribution in [-0.2, 0) is 0 Å². The van der Waals surface area contributed by atoms with E-state index in [1.165, 1.54) is 24.8 Å². The summed E-state index contributed by atoms with van der Waals surface area (Å²) in [6.45, 7) is 3.12. The van der Waals surface area contributed by atoms with Crippen molar-refractivity contribution < 1.29 is 9.90 Å². The van der Waals surface area contributed by atoms with E-state index in [0.717, 1.165) is 18.5 Å². The van der Waals surface area contributed by atoms with Crippen molar-refractivity contribution in [3.63, 3.8) is 0 Å². The van der Waals surface area contributed by atoms with Crippen LogP contribution in [0.2, 0.25) is 0 Å². The minimum Gasteiger partial charge on any atom is -0.478 e. The van der Waals surface area contributed by atoms with Gasteiger partial charge in [-0.25, -0.2) is 4.79 Å². The smallest absolute Gasteiger partial charge is 0.335 e. The van der Waals surface area contributed by atoms with Crippen LogP contribution in [-0.4, -0.2) is 23.7 Å². The van der Waals surface area contributed by atoms with Gasteiger partial charge in [-0.05, 0) is 36.1 Å². The van der Waals surface area contributed by atoms with Crippen LogP contribution in [0, 0.1) is 0 Å². The molecule has 0 aliphatic carbocycles. The number of nitrogens with one attached hydrogen (secondary N) is 1. The van der Waals surface area contributed by atoms with Gasteiger partial charge in [0.2, 0.25) is 0 Å². The third-order valence-electron chi connectivity index (χ3n) is 3.63. The SMILES string of the molecule is CCCCC1CC(c2ccc(C(=O)O)cc2)=CCN1. The minimum absolute atomic E-state index is 0.348. The van der Waals surface area contributed by atoms with Crippen LogP contribution in [0.15, 0.2) is 30.3 Å². The molecule has 3 heteroatoms. The van der Waals surface area contributed by atoms with Crippen molar-refractivity contribution in [3.8, 4) is 0 Å². The molecule has 19 heavy (non-hydrogen) atoms. The van der Waals surface area contributed by atoms with Gasteiger partial charge in [-0.1, -0.05) is 38.0 Å². The summed E-state index contributed by atoms with van der Waals surface area (Å²) >= 11 is 0. The fourth-order valence-electron chi connectivity index (χ4n) is 2.49. The van der Waals surface area contributed by atoms with Gasteiger partial charge in [-0.2, -0.15) is 0 Å². The van der Waals surface area contributed by atoms with Crippen molar-refractivity contribution >= 4 is 11.5 Å². The second-order valence-corrected chi connectivity index (χ2v) is 5.06. The highest BCUT2D eigenvalue weighted by Crippen LogP contribution is 2.24. The average Bonchev–Trinajstić information content (AvgIpc) is 2.45. The molecule has 1 aromatic rings. The number of hydrogen-bond acceptors (Lipinski definition) is 2. The predicted molar refractivity (Wildman–Crippen MR) is 77.3 cm³/mol.